The predicted octanol–water partition coefficient (Wildman–Crippen LogP) is 1.99. The van der Waals surface area contributed by atoms with E-state index in [1.165, 1.54) is 11.3 Å². The van der Waals surface area contributed by atoms with Crippen LogP contribution >= 0.6 is 11.3 Å². The predicted molar refractivity (Wildman–Crippen MR) is 87.5 cm³/mol. The van der Waals surface area contributed by atoms with Crippen LogP contribution in [0.5, 0.6) is 0 Å². The SMILES string of the molecule is CCCNCCc1ccc(S(=O)(=O)NCCOC(C)C)s1. The lowest BCUT2D eigenvalue weighted by Crippen LogP contribution is -2.27. The quantitative estimate of drug-likeness (QED) is 0.607. The number of thiophene rings is 1. The van der Waals surface area contributed by atoms with Gasteiger partial charge in [0.2, 0.25) is 10.0 Å². The van der Waals surface area contributed by atoms with Crippen molar-refractivity contribution >= 4 is 21.4 Å². The van der Waals surface area contributed by atoms with E-state index in [-0.39, 0.29) is 6.10 Å². The van der Waals surface area contributed by atoms with Crippen LogP contribution in [-0.4, -0.2) is 40.8 Å². The molecule has 0 radical (unpaired) electrons. The van der Waals surface area contributed by atoms with Gasteiger partial charge in [-0.25, -0.2) is 13.1 Å². The number of nitrogens with one attached hydrogen (secondary N) is 2. The molecule has 0 aliphatic rings. The summed E-state index contributed by atoms with van der Waals surface area (Å²) >= 11 is 1.33. The van der Waals surface area contributed by atoms with Gasteiger partial charge in [-0.3, -0.25) is 0 Å². The molecule has 0 amide bonds. The van der Waals surface area contributed by atoms with Gasteiger partial charge in [-0.05, 0) is 51.9 Å². The first-order valence-corrected chi connectivity index (χ1v) is 9.66. The Morgan fingerprint density at radius 2 is 2.00 bits per heavy atom. The van der Waals surface area contributed by atoms with Crippen LogP contribution in [0.15, 0.2) is 16.3 Å². The fourth-order valence-corrected chi connectivity index (χ4v) is 4.11. The van der Waals surface area contributed by atoms with Gasteiger partial charge in [0.15, 0.2) is 0 Å². The maximum Gasteiger partial charge on any atom is 0.250 e. The number of hydrogen-bond acceptors (Lipinski definition) is 5. The zero-order valence-electron chi connectivity index (χ0n) is 13.0. The molecular weight excluding hydrogens is 308 g/mol. The van der Waals surface area contributed by atoms with E-state index in [9.17, 15) is 8.42 Å². The summed E-state index contributed by atoms with van der Waals surface area (Å²) in [6.45, 7) is 8.52. The Labute approximate surface area is 132 Å². The normalized spacial score (nSPS) is 12.2. The minimum atomic E-state index is -3.40. The average Bonchev–Trinajstić information content (AvgIpc) is 2.89. The van der Waals surface area contributed by atoms with Crippen LogP contribution in [0, 0.1) is 0 Å². The van der Waals surface area contributed by atoms with Crippen LogP contribution in [0.1, 0.15) is 32.1 Å². The highest BCUT2D eigenvalue weighted by molar-refractivity contribution is 7.91. The molecule has 1 aromatic rings. The Bertz CT molecular complexity index is 498. The van der Waals surface area contributed by atoms with Gasteiger partial charge in [0, 0.05) is 11.4 Å². The summed E-state index contributed by atoms with van der Waals surface area (Å²) in [5.41, 5.74) is 0. The first-order valence-electron chi connectivity index (χ1n) is 7.36. The van der Waals surface area contributed by atoms with Gasteiger partial charge in [-0.1, -0.05) is 6.92 Å². The van der Waals surface area contributed by atoms with Crippen molar-refractivity contribution in [2.75, 3.05) is 26.2 Å². The summed E-state index contributed by atoms with van der Waals surface area (Å²) in [5, 5.41) is 3.31. The van der Waals surface area contributed by atoms with Gasteiger partial charge in [-0.2, -0.15) is 0 Å². The Morgan fingerprint density at radius 1 is 1.24 bits per heavy atom. The molecule has 1 heterocycles. The monoisotopic (exact) mass is 334 g/mol. The summed E-state index contributed by atoms with van der Waals surface area (Å²) in [6, 6.07) is 3.56. The van der Waals surface area contributed by atoms with Gasteiger partial charge >= 0.3 is 0 Å². The third-order valence-electron chi connectivity index (χ3n) is 2.72. The molecule has 1 rings (SSSR count). The molecule has 0 saturated carbocycles. The molecule has 1 aromatic heterocycles. The van der Waals surface area contributed by atoms with E-state index in [0.29, 0.717) is 17.4 Å². The zero-order valence-corrected chi connectivity index (χ0v) is 14.6. The molecule has 0 fully saturated rings. The highest BCUT2D eigenvalue weighted by Gasteiger charge is 2.16. The maximum absolute atomic E-state index is 12.1. The number of ether oxygens (including phenoxy) is 1. The fraction of sp³-hybridized carbons (Fsp3) is 0.714. The van der Waals surface area contributed by atoms with E-state index in [4.69, 9.17) is 4.74 Å². The second kappa shape index (κ2) is 9.53. The van der Waals surface area contributed by atoms with Crippen molar-refractivity contribution in [1.29, 1.82) is 0 Å². The number of rotatable bonds is 11. The standard InChI is InChI=1S/C14H26N2O3S2/c1-4-8-15-9-7-13-5-6-14(20-13)21(17,18)16-10-11-19-12(2)3/h5-6,12,15-16H,4,7-11H2,1-3H3. The molecule has 21 heavy (non-hydrogen) atoms. The van der Waals surface area contributed by atoms with Crippen molar-refractivity contribution in [2.45, 2.75) is 43.9 Å². The summed E-state index contributed by atoms with van der Waals surface area (Å²) in [6.07, 6.45) is 2.07. The van der Waals surface area contributed by atoms with E-state index in [1.807, 2.05) is 19.9 Å². The first-order chi connectivity index (χ1) is 9.95. The zero-order chi connectivity index (χ0) is 15.7. The van der Waals surface area contributed by atoms with Gasteiger partial charge in [-0.15, -0.1) is 11.3 Å². The van der Waals surface area contributed by atoms with Crippen LogP contribution in [0.4, 0.5) is 0 Å². The van der Waals surface area contributed by atoms with Crippen LogP contribution in [0.2, 0.25) is 0 Å². The molecule has 0 saturated heterocycles. The van der Waals surface area contributed by atoms with Gasteiger partial charge < -0.3 is 10.1 Å². The molecule has 0 spiro atoms. The second-order valence-corrected chi connectivity index (χ2v) is 8.20. The lowest BCUT2D eigenvalue weighted by atomic mass is 10.3. The Balaban J connectivity index is 2.42. The van der Waals surface area contributed by atoms with Crippen molar-refractivity contribution in [3.05, 3.63) is 17.0 Å². The summed E-state index contributed by atoms with van der Waals surface area (Å²) in [7, 11) is -3.40. The van der Waals surface area contributed by atoms with E-state index < -0.39 is 10.0 Å². The van der Waals surface area contributed by atoms with Gasteiger partial charge in [0.05, 0.1) is 12.7 Å². The topological polar surface area (TPSA) is 67.4 Å². The average molecular weight is 335 g/mol. The molecule has 2 N–H and O–H groups in total. The Morgan fingerprint density at radius 3 is 2.67 bits per heavy atom. The van der Waals surface area contributed by atoms with Crippen LogP contribution < -0.4 is 10.0 Å². The third kappa shape index (κ3) is 7.37. The molecule has 0 bridgehead atoms. The summed E-state index contributed by atoms with van der Waals surface area (Å²) < 4.78 is 32.4. The number of sulfonamides is 1. The minimum absolute atomic E-state index is 0.110. The fourth-order valence-electron chi connectivity index (χ4n) is 1.69. The van der Waals surface area contributed by atoms with E-state index >= 15 is 0 Å². The lowest BCUT2D eigenvalue weighted by Gasteiger charge is -2.08. The summed E-state index contributed by atoms with van der Waals surface area (Å²) in [5.74, 6) is 0. The molecule has 0 aliphatic carbocycles. The molecule has 0 unspecified atom stereocenters. The minimum Gasteiger partial charge on any atom is -0.377 e. The maximum atomic E-state index is 12.1. The smallest absolute Gasteiger partial charge is 0.250 e. The van der Waals surface area contributed by atoms with Gasteiger partial charge in [0.25, 0.3) is 0 Å². The molecule has 0 aromatic carbocycles. The largest absolute Gasteiger partial charge is 0.377 e. The molecule has 0 atom stereocenters. The molecule has 122 valence electrons. The molecule has 0 aliphatic heterocycles. The molecule has 5 nitrogen and oxygen atoms in total. The Hall–Kier alpha value is -0.470. The van der Waals surface area contributed by atoms with Crippen molar-refractivity contribution in [3.63, 3.8) is 0 Å². The highest BCUT2D eigenvalue weighted by Crippen LogP contribution is 2.21. The summed E-state index contributed by atoms with van der Waals surface area (Å²) in [4.78, 5) is 1.08. The van der Waals surface area contributed by atoms with Crippen LogP contribution in [0.3, 0.4) is 0 Å². The van der Waals surface area contributed by atoms with Crippen molar-refractivity contribution < 1.29 is 13.2 Å². The Kier molecular flexibility index (Phi) is 8.43. The third-order valence-corrected chi connectivity index (χ3v) is 5.82. The molecule has 7 heteroatoms. The van der Waals surface area contributed by atoms with Crippen molar-refractivity contribution in [3.8, 4) is 0 Å². The van der Waals surface area contributed by atoms with Gasteiger partial charge in [0.1, 0.15) is 4.21 Å². The van der Waals surface area contributed by atoms with E-state index in [0.717, 1.165) is 30.8 Å². The second-order valence-electron chi connectivity index (χ2n) is 5.04. The first kappa shape index (κ1) is 18.6. The van der Waals surface area contributed by atoms with E-state index in [1.54, 1.807) is 6.07 Å². The lowest BCUT2D eigenvalue weighted by molar-refractivity contribution is 0.0834. The van der Waals surface area contributed by atoms with Crippen molar-refractivity contribution in [1.82, 2.24) is 10.0 Å². The number of hydrogen-bond donors (Lipinski definition) is 2. The van der Waals surface area contributed by atoms with E-state index in [2.05, 4.69) is 17.0 Å². The van der Waals surface area contributed by atoms with Crippen LogP contribution in [0.25, 0.3) is 0 Å². The van der Waals surface area contributed by atoms with Crippen molar-refractivity contribution in [2.24, 2.45) is 0 Å². The molecular formula is C14H26N2O3S2. The highest BCUT2D eigenvalue weighted by atomic mass is 32.2. The van der Waals surface area contributed by atoms with Crippen LogP contribution in [-0.2, 0) is 21.2 Å².